The predicted molar refractivity (Wildman–Crippen MR) is 174 cm³/mol. The molecule has 3 fully saturated rings. The van der Waals surface area contributed by atoms with Gasteiger partial charge in [-0.25, -0.2) is 0 Å². The Kier molecular flexibility index (Phi) is 7.42. The van der Waals surface area contributed by atoms with Crippen LogP contribution in [0.5, 0.6) is 0 Å². The van der Waals surface area contributed by atoms with Gasteiger partial charge in [0, 0.05) is 26.8 Å². The minimum absolute atomic E-state index is 0.119. The number of carbonyl (C=O) groups is 4. The zero-order valence-electron chi connectivity index (χ0n) is 25.8. The smallest absolute Gasteiger partial charge is 0.253 e. The molecule has 2 saturated heterocycles. The molecule has 242 valence electrons. The van der Waals surface area contributed by atoms with E-state index in [1.54, 1.807) is 36.4 Å². The first-order valence-electron chi connectivity index (χ1n) is 15.2. The number of alkyl halides is 2. The van der Waals surface area contributed by atoms with Crippen molar-refractivity contribution in [3.05, 3.63) is 83.8 Å². The van der Waals surface area contributed by atoms with Gasteiger partial charge in [0.15, 0.2) is 9.75 Å². The number of allylic oxidation sites excluding steroid dienone is 2. The van der Waals surface area contributed by atoms with Crippen LogP contribution in [0.3, 0.4) is 0 Å². The Morgan fingerprint density at radius 1 is 0.894 bits per heavy atom. The molecule has 4 aliphatic rings. The summed E-state index contributed by atoms with van der Waals surface area (Å²) >= 11 is 14.3. The molecule has 2 aliphatic carbocycles. The Hall–Kier alpha value is -4.32. The van der Waals surface area contributed by atoms with E-state index in [1.165, 1.54) is 11.9 Å². The molecule has 0 bridgehead atoms. The molecule has 47 heavy (non-hydrogen) atoms. The maximum absolute atomic E-state index is 14.2. The number of furan rings is 1. The summed E-state index contributed by atoms with van der Waals surface area (Å²) in [4.78, 5) is 55.4. The largest absolute Gasteiger partial charge is 0.463 e. The minimum Gasteiger partial charge on any atom is -0.463 e. The standard InChI is InChI=1S/C34H31Cl2N5O6/c1-39(2)20-8-4-18(5-9-20)37-38-19-6-10-21(11-7-19)41-29(43)24-14-13-23-25(27(24)30(41)44)16-33(35)31(45)40(3)32(46)34(33,36)28(23)26-15-12-22(17-42)47-26/h4-13,15,24-25,27-28,42H,14,16-17H2,1-3H3/t24-,25+,27-,28+,33+,34-/m0/s1. The molecule has 4 amide bonds. The lowest BCUT2D eigenvalue weighted by Crippen LogP contribution is -2.60. The molecular formula is C34H31Cl2N5O6. The second-order valence-electron chi connectivity index (χ2n) is 12.6. The number of amides is 4. The fourth-order valence-electron chi connectivity index (χ4n) is 7.55. The van der Waals surface area contributed by atoms with Crippen LogP contribution in [0.2, 0.25) is 0 Å². The number of hydrogen-bond donors (Lipinski definition) is 1. The van der Waals surface area contributed by atoms with E-state index >= 15 is 0 Å². The number of imide groups is 2. The van der Waals surface area contributed by atoms with E-state index in [0.29, 0.717) is 22.6 Å². The summed E-state index contributed by atoms with van der Waals surface area (Å²) in [6.45, 7) is -0.389. The van der Waals surface area contributed by atoms with Crippen LogP contribution in [0, 0.1) is 17.8 Å². The van der Waals surface area contributed by atoms with Gasteiger partial charge in [0.2, 0.25) is 11.8 Å². The zero-order chi connectivity index (χ0) is 33.4. The van der Waals surface area contributed by atoms with Crippen molar-refractivity contribution in [3.63, 3.8) is 0 Å². The van der Waals surface area contributed by atoms with Crippen LogP contribution in [-0.2, 0) is 25.8 Å². The second-order valence-corrected chi connectivity index (χ2v) is 13.8. The molecule has 0 radical (unpaired) electrons. The maximum atomic E-state index is 14.2. The molecule has 2 aromatic carbocycles. The van der Waals surface area contributed by atoms with Crippen molar-refractivity contribution in [3.8, 4) is 0 Å². The van der Waals surface area contributed by atoms with Crippen LogP contribution in [0.25, 0.3) is 0 Å². The number of azo groups is 1. The van der Waals surface area contributed by atoms with Gasteiger partial charge in [0.05, 0.1) is 34.8 Å². The van der Waals surface area contributed by atoms with Crippen molar-refractivity contribution >= 4 is 69.6 Å². The molecule has 0 unspecified atom stereocenters. The average Bonchev–Trinajstić information content (AvgIpc) is 3.68. The van der Waals surface area contributed by atoms with Crippen molar-refractivity contribution in [2.24, 2.45) is 28.0 Å². The van der Waals surface area contributed by atoms with Crippen molar-refractivity contribution < 1.29 is 28.7 Å². The number of halogens is 2. The molecule has 11 nitrogen and oxygen atoms in total. The highest BCUT2D eigenvalue weighted by Gasteiger charge is 2.76. The molecule has 3 aromatic rings. The normalized spacial score (nSPS) is 30.1. The summed E-state index contributed by atoms with van der Waals surface area (Å²) in [5.41, 5.74) is 3.26. The molecule has 6 atom stereocenters. The quantitative estimate of drug-likeness (QED) is 0.159. The first-order chi connectivity index (χ1) is 22.4. The van der Waals surface area contributed by atoms with E-state index in [9.17, 15) is 24.3 Å². The van der Waals surface area contributed by atoms with Crippen molar-refractivity contribution in [2.75, 3.05) is 30.9 Å². The van der Waals surface area contributed by atoms with E-state index in [2.05, 4.69) is 10.2 Å². The van der Waals surface area contributed by atoms with E-state index in [1.807, 2.05) is 49.3 Å². The molecule has 1 aromatic heterocycles. The van der Waals surface area contributed by atoms with Gasteiger partial charge < -0.3 is 14.4 Å². The van der Waals surface area contributed by atoms with Crippen LogP contribution < -0.4 is 9.80 Å². The monoisotopic (exact) mass is 675 g/mol. The van der Waals surface area contributed by atoms with Gasteiger partial charge in [0.1, 0.15) is 18.1 Å². The number of aliphatic hydroxyl groups is 1. The Bertz CT molecular complexity index is 1870. The van der Waals surface area contributed by atoms with Gasteiger partial charge in [-0.05, 0) is 79.4 Å². The van der Waals surface area contributed by atoms with Crippen LogP contribution in [0.1, 0.15) is 30.3 Å². The number of carbonyl (C=O) groups excluding carboxylic acids is 4. The Labute approximate surface area is 280 Å². The number of fused-ring (bicyclic) bond motifs is 4. The number of rotatable bonds is 6. The molecular weight excluding hydrogens is 645 g/mol. The van der Waals surface area contributed by atoms with E-state index in [0.717, 1.165) is 10.6 Å². The molecule has 7 rings (SSSR count). The van der Waals surface area contributed by atoms with Crippen LogP contribution >= 0.6 is 23.2 Å². The Balaban J connectivity index is 1.20. The van der Waals surface area contributed by atoms with Crippen molar-refractivity contribution in [1.29, 1.82) is 0 Å². The lowest BCUT2D eigenvalue weighted by atomic mass is 9.57. The fraction of sp³-hybridized carbons (Fsp3) is 0.353. The number of hydrogen-bond acceptors (Lipinski definition) is 9. The molecule has 1 saturated carbocycles. The molecule has 3 heterocycles. The zero-order valence-corrected chi connectivity index (χ0v) is 27.3. The third-order valence-corrected chi connectivity index (χ3v) is 11.3. The Morgan fingerprint density at radius 3 is 2.13 bits per heavy atom. The SMILES string of the molecule is CN1C(=O)[C@]2(Cl)C[C@@H]3C(=CC[C@@H]4C(=O)N(c5ccc(N=Nc6ccc(N(C)C)cc6)cc5)C(=O)[C@@H]43)[C@H](c3ccc(CO)o3)[C@]2(Cl)C1=O. The lowest BCUT2D eigenvalue weighted by molar-refractivity contribution is -0.138. The van der Waals surface area contributed by atoms with Crippen molar-refractivity contribution in [2.45, 2.75) is 35.1 Å². The highest BCUT2D eigenvalue weighted by atomic mass is 35.5. The van der Waals surface area contributed by atoms with E-state index in [4.69, 9.17) is 27.6 Å². The summed E-state index contributed by atoms with van der Waals surface area (Å²) in [6, 6.07) is 17.4. The topological polar surface area (TPSA) is 136 Å². The van der Waals surface area contributed by atoms with E-state index in [-0.39, 0.29) is 36.9 Å². The number of anilines is 2. The van der Waals surface area contributed by atoms with Gasteiger partial charge in [0.25, 0.3) is 11.8 Å². The maximum Gasteiger partial charge on any atom is 0.253 e. The van der Waals surface area contributed by atoms with E-state index < -0.39 is 51.1 Å². The molecule has 13 heteroatoms. The number of benzene rings is 2. The van der Waals surface area contributed by atoms with Gasteiger partial charge in [-0.15, -0.1) is 23.2 Å². The molecule has 0 spiro atoms. The predicted octanol–water partition coefficient (Wildman–Crippen LogP) is 5.45. The first-order valence-corrected chi connectivity index (χ1v) is 15.9. The van der Waals surface area contributed by atoms with Gasteiger partial charge in [-0.1, -0.05) is 11.6 Å². The van der Waals surface area contributed by atoms with Crippen LogP contribution in [0.15, 0.2) is 87.0 Å². The summed E-state index contributed by atoms with van der Waals surface area (Å²) in [6.07, 6.45) is 1.93. The molecule has 1 N–H and O–H groups in total. The minimum atomic E-state index is -1.94. The highest BCUT2D eigenvalue weighted by Crippen LogP contribution is 2.65. The van der Waals surface area contributed by atoms with Crippen molar-refractivity contribution in [1.82, 2.24) is 4.90 Å². The number of nitrogens with zero attached hydrogens (tertiary/aromatic N) is 5. The van der Waals surface area contributed by atoms with Crippen LogP contribution in [0.4, 0.5) is 22.7 Å². The third-order valence-electron chi connectivity index (χ3n) is 9.89. The summed E-state index contributed by atoms with van der Waals surface area (Å²) < 4.78 is 5.89. The highest BCUT2D eigenvalue weighted by molar-refractivity contribution is 6.53. The summed E-state index contributed by atoms with van der Waals surface area (Å²) in [7, 11) is 5.23. The second kappa shape index (κ2) is 11.1. The summed E-state index contributed by atoms with van der Waals surface area (Å²) in [5, 5.41) is 18.2. The van der Waals surface area contributed by atoms with Gasteiger partial charge in [-0.3, -0.25) is 29.0 Å². The average molecular weight is 677 g/mol. The Morgan fingerprint density at radius 2 is 1.53 bits per heavy atom. The molecule has 2 aliphatic heterocycles. The first kappa shape index (κ1) is 31.3. The third kappa shape index (κ3) is 4.51. The summed E-state index contributed by atoms with van der Waals surface area (Å²) in [5.74, 6) is -4.88. The fourth-order valence-corrected chi connectivity index (χ4v) is 8.55. The van der Waals surface area contributed by atoms with Gasteiger partial charge >= 0.3 is 0 Å². The van der Waals surface area contributed by atoms with Gasteiger partial charge in [-0.2, -0.15) is 10.2 Å². The number of aliphatic hydroxyl groups excluding tert-OH is 1. The van der Waals surface area contributed by atoms with Crippen LogP contribution in [-0.4, -0.2) is 64.5 Å². The lowest BCUT2D eigenvalue weighted by Gasteiger charge is -2.49. The number of likely N-dealkylation sites (tertiary alicyclic amines) is 1.